The third kappa shape index (κ3) is 2.23. The van der Waals surface area contributed by atoms with Gasteiger partial charge in [-0.05, 0) is 25.8 Å². The Bertz CT molecular complexity index is 318. The second kappa shape index (κ2) is 3.96. The molecule has 1 aliphatic carbocycles. The highest BCUT2D eigenvalue weighted by molar-refractivity contribution is 5.50. The molecule has 0 spiro atoms. The van der Waals surface area contributed by atoms with E-state index in [4.69, 9.17) is 0 Å². The Balaban J connectivity index is 2.05. The van der Waals surface area contributed by atoms with E-state index in [1.165, 1.54) is 24.1 Å². The summed E-state index contributed by atoms with van der Waals surface area (Å²) in [7, 11) is 1.95. The van der Waals surface area contributed by atoms with Gasteiger partial charge in [0.2, 0.25) is 0 Å². The van der Waals surface area contributed by atoms with Crippen LogP contribution in [-0.4, -0.2) is 18.1 Å². The summed E-state index contributed by atoms with van der Waals surface area (Å²) in [5.41, 5.74) is 3.50. The molecule has 0 radical (unpaired) electrons. The standard InChI is InChI=1S/C11H17N3/c1-8-5-11(12-2)9(6-13-8)7-14-10-3-4-10/h5-6,10,14H,3-4,7H2,1-2H3,(H,12,13). The van der Waals surface area contributed by atoms with Gasteiger partial charge < -0.3 is 10.6 Å². The van der Waals surface area contributed by atoms with Crippen LogP contribution in [0, 0.1) is 6.92 Å². The molecule has 0 aliphatic heterocycles. The molecule has 1 aromatic rings. The van der Waals surface area contributed by atoms with Gasteiger partial charge in [-0.2, -0.15) is 0 Å². The van der Waals surface area contributed by atoms with E-state index in [0.717, 1.165) is 18.3 Å². The maximum atomic E-state index is 4.31. The fourth-order valence-corrected chi connectivity index (χ4v) is 1.50. The molecule has 2 N–H and O–H groups in total. The first-order valence-corrected chi connectivity index (χ1v) is 5.16. The van der Waals surface area contributed by atoms with Gasteiger partial charge >= 0.3 is 0 Å². The summed E-state index contributed by atoms with van der Waals surface area (Å²) >= 11 is 0. The maximum absolute atomic E-state index is 4.31. The molecule has 1 heterocycles. The molecular weight excluding hydrogens is 174 g/mol. The van der Waals surface area contributed by atoms with Gasteiger partial charge in [0, 0.05) is 42.8 Å². The molecule has 1 fully saturated rings. The molecule has 2 rings (SSSR count). The smallest absolute Gasteiger partial charge is 0.0416 e. The molecule has 0 aromatic carbocycles. The van der Waals surface area contributed by atoms with Crippen molar-refractivity contribution in [1.82, 2.24) is 10.3 Å². The van der Waals surface area contributed by atoms with Crippen molar-refractivity contribution in [1.29, 1.82) is 0 Å². The first-order valence-electron chi connectivity index (χ1n) is 5.16. The second-order valence-corrected chi connectivity index (χ2v) is 3.89. The number of hydrogen-bond acceptors (Lipinski definition) is 3. The van der Waals surface area contributed by atoms with Gasteiger partial charge in [0.25, 0.3) is 0 Å². The largest absolute Gasteiger partial charge is 0.388 e. The number of nitrogens with zero attached hydrogens (tertiary/aromatic N) is 1. The lowest BCUT2D eigenvalue weighted by Gasteiger charge is -2.09. The Labute approximate surface area is 84.9 Å². The minimum absolute atomic E-state index is 0.751. The van der Waals surface area contributed by atoms with Crippen LogP contribution in [0.5, 0.6) is 0 Å². The second-order valence-electron chi connectivity index (χ2n) is 3.89. The number of pyridine rings is 1. The first kappa shape index (κ1) is 9.46. The van der Waals surface area contributed by atoms with Crippen LogP contribution in [0.2, 0.25) is 0 Å². The van der Waals surface area contributed by atoms with Crippen molar-refractivity contribution in [2.45, 2.75) is 32.4 Å². The number of aromatic nitrogens is 1. The van der Waals surface area contributed by atoms with Crippen molar-refractivity contribution in [2.24, 2.45) is 0 Å². The fraction of sp³-hybridized carbons (Fsp3) is 0.545. The third-order valence-corrected chi connectivity index (χ3v) is 2.55. The maximum Gasteiger partial charge on any atom is 0.0416 e. The fourth-order valence-electron chi connectivity index (χ4n) is 1.50. The van der Waals surface area contributed by atoms with Gasteiger partial charge in [0.05, 0.1) is 0 Å². The molecule has 14 heavy (non-hydrogen) atoms. The molecular formula is C11H17N3. The first-order chi connectivity index (χ1) is 6.79. The van der Waals surface area contributed by atoms with E-state index in [9.17, 15) is 0 Å². The van der Waals surface area contributed by atoms with Crippen LogP contribution in [0.25, 0.3) is 0 Å². The summed E-state index contributed by atoms with van der Waals surface area (Å²) in [6, 6.07) is 2.84. The average Bonchev–Trinajstić information content (AvgIpc) is 2.99. The number of rotatable bonds is 4. The van der Waals surface area contributed by atoms with E-state index in [1.54, 1.807) is 0 Å². The molecule has 0 bridgehead atoms. The minimum Gasteiger partial charge on any atom is -0.388 e. The summed E-state index contributed by atoms with van der Waals surface area (Å²) in [6.07, 6.45) is 4.61. The van der Waals surface area contributed by atoms with Crippen molar-refractivity contribution in [3.05, 3.63) is 23.5 Å². The zero-order valence-electron chi connectivity index (χ0n) is 8.80. The molecule has 0 amide bonds. The van der Waals surface area contributed by atoms with Crippen molar-refractivity contribution in [2.75, 3.05) is 12.4 Å². The molecule has 1 aliphatic rings. The molecule has 0 saturated heterocycles. The molecule has 0 atom stereocenters. The molecule has 3 heteroatoms. The van der Waals surface area contributed by atoms with Crippen molar-refractivity contribution < 1.29 is 0 Å². The van der Waals surface area contributed by atoms with Crippen molar-refractivity contribution in [3.63, 3.8) is 0 Å². The van der Waals surface area contributed by atoms with Crippen LogP contribution in [0.3, 0.4) is 0 Å². The number of hydrogen-bond donors (Lipinski definition) is 2. The van der Waals surface area contributed by atoms with E-state index in [0.29, 0.717) is 0 Å². The quantitative estimate of drug-likeness (QED) is 0.760. The summed E-state index contributed by atoms with van der Waals surface area (Å²) in [5.74, 6) is 0. The number of aryl methyl sites for hydroxylation is 1. The lowest BCUT2D eigenvalue weighted by molar-refractivity contribution is 0.686. The molecule has 1 saturated carbocycles. The Kier molecular flexibility index (Phi) is 2.68. The van der Waals surface area contributed by atoms with Crippen LogP contribution < -0.4 is 10.6 Å². The van der Waals surface area contributed by atoms with Gasteiger partial charge in [-0.15, -0.1) is 0 Å². The Morgan fingerprint density at radius 2 is 2.29 bits per heavy atom. The summed E-state index contributed by atoms with van der Waals surface area (Å²) in [4.78, 5) is 4.31. The van der Waals surface area contributed by atoms with Gasteiger partial charge in [-0.1, -0.05) is 0 Å². The van der Waals surface area contributed by atoms with Gasteiger partial charge in [-0.3, -0.25) is 4.98 Å². The Morgan fingerprint density at radius 3 is 2.93 bits per heavy atom. The highest BCUT2D eigenvalue weighted by atomic mass is 15.0. The predicted octanol–water partition coefficient (Wildman–Crippen LogP) is 1.68. The van der Waals surface area contributed by atoms with Gasteiger partial charge in [0.15, 0.2) is 0 Å². The monoisotopic (exact) mass is 191 g/mol. The third-order valence-electron chi connectivity index (χ3n) is 2.55. The Morgan fingerprint density at radius 1 is 1.50 bits per heavy atom. The van der Waals surface area contributed by atoms with Crippen LogP contribution in [0.15, 0.2) is 12.3 Å². The van der Waals surface area contributed by atoms with Crippen LogP contribution >= 0.6 is 0 Å². The lowest BCUT2D eigenvalue weighted by Crippen LogP contribution is -2.16. The SMILES string of the molecule is CNc1cc(C)ncc1CNC1CC1. The highest BCUT2D eigenvalue weighted by Crippen LogP contribution is 2.21. The summed E-state index contributed by atoms with van der Waals surface area (Å²) in [6.45, 7) is 2.94. The average molecular weight is 191 g/mol. The highest BCUT2D eigenvalue weighted by Gasteiger charge is 2.20. The molecule has 76 valence electrons. The van der Waals surface area contributed by atoms with E-state index < -0.39 is 0 Å². The predicted molar refractivity (Wildman–Crippen MR) is 58.4 cm³/mol. The topological polar surface area (TPSA) is 37.0 Å². The van der Waals surface area contributed by atoms with Crippen LogP contribution in [0.1, 0.15) is 24.1 Å². The van der Waals surface area contributed by atoms with Gasteiger partial charge in [0.1, 0.15) is 0 Å². The number of anilines is 1. The zero-order valence-corrected chi connectivity index (χ0v) is 8.80. The van der Waals surface area contributed by atoms with E-state index >= 15 is 0 Å². The zero-order chi connectivity index (χ0) is 9.97. The van der Waals surface area contributed by atoms with E-state index in [2.05, 4.69) is 21.7 Å². The normalized spacial score (nSPS) is 15.6. The Hall–Kier alpha value is -1.09. The van der Waals surface area contributed by atoms with Crippen LogP contribution in [-0.2, 0) is 6.54 Å². The summed E-state index contributed by atoms with van der Waals surface area (Å²) in [5, 5.41) is 6.69. The molecule has 0 unspecified atom stereocenters. The van der Waals surface area contributed by atoms with Crippen LogP contribution in [0.4, 0.5) is 5.69 Å². The minimum atomic E-state index is 0.751. The molecule has 3 nitrogen and oxygen atoms in total. The molecule has 1 aromatic heterocycles. The van der Waals surface area contributed by atoms with E-state index in [-0.39, 0.29) is 0 Å². The van der Waals surface area contributed by atoms with Crippen molar-refractivity contribution in [3.8, 4) is 0 Å². The lowest BCUT2D eigenvalue weighted by atomic mass is 10.2. The van der Waals surface area contributed by atoms with Gasteiger partial charge in [-0.25, -0.2) is 0 Å². The number of nitrogens with one attached hydrogen (secondary N) is 2. The summed E-state index contributed by atoms with van der Waals surface area (Å²) < 4.78 is 0. The van der Waals surface area contributed by atoms with E-state index in [1.807, 2.05) is 20.2 Å². The van der Waals surface area contributed by atoms with Crippen molar-refractivity contribution >= 4 is 5.69 Å².